The molecule has 0 spiro atoms. The normalized spacial score (nSPS) is 14.0. The zero-order valence-electron chi connectivity index (χ0n) is 15.4. The number of sulfonamides is 1. The van der Waals surface area contributed by atoms with Crippen LogP contribution in [0.2, 0.25) is 0 Å². The summed E-state index contributed by atoms with van der Waals surface area (Å²) in [4.78, 5) is 12.4. The smallest absolute Gasteiger partial charge is 0.271 e. The van der Waals surface area contributed by atoms with Crippen LogP contribution in [0.4, 0.5) is 5.69 Å². The highest BCUT2D eigenvalue weighted by atomic mass is 32.2. The van der Waals surface area contributed by atoms with Crippen molar-refractivity contribution in [2.75, 3.05) is 20.6 Å². The summed E-state index contributed by atoms with van der Waals surface area (Å²) in [6.07, 6.45) is 0. The molecule has 0 bridgehead atoms. The van der Waals surface area contributed by atoms with Crippen molar-refractivity contribution in [3.63, 3.8) is 0 Å². The van der Waals surface area contributed by atoms with E-state index in [1.54, 1.807) is 20.8 Å². The molecule has 1 rings (SSSR count). The zero-order valence-corrected chi connectivity index (χ0v) is 16.2. The third-order valence-electron chi connectivity index (χ3n) is 4.33. The first-order valence-electron chi connectivity index (χ1n) is 7.70. The monoisotopic (exact) mass is 357 g/mol. The predicted octanol–water partition coefficient (Wildman–Crippen LogP) is 2.47. The minimum absolute atomic E-state index is 0.0401. The Hall–Kier alpha value is -1.51. The Bertz CT molecular complexity index is 727. The molecule has 0 saturated heterocycles. The lowest BCUT2D eigenvalue weighted by molar-refractivity contribution is -0.385. The van der Waals surface area contributed by atoms with Gasteiger partial charge in [-0.2, -0.15) is 0 Å². The minimum atomic E-state index is -3.86. The van der Waals surface area contributed by atoms with E-state index in [0.29, 0.717) is 17.7 Å². The maximum atomic E-state index is 12.8. The lowest BCUT2D eigenvalue weighted by Crippen LogP contribution is -2.47. The fourth-order valence-electron chi connectivity index (χ4n) is 2.60. The van der Waals surface area contributed by atoms with Crippen molar-refractivity contribution in [2.24, 2.45) is 5.41 Å². The van der Waals surface area contributed by atoms with Crippen molar-refractivity contribution >= 4 is 15.7 Å². The van der Waals surface area contributed by atoms with Crippen LogP contribution in [-0.2, 0) is 10.0 Å². The number of hydrogen-bond donors (Lipinski definition) is 1. The molecule has 0 heterocycles. The van der Waals surface area contributed by atoms with Gasteiger partial charge in [0.05, 0.1) is 9.82 Å². The summed E-state index contributed by atoms with van der Waals surface area (Å²) in [6, 6.07) is 2.16. The molecule has 7 nitrogen and oxygen atoms in total. The third-order valence-corrected chi connectivity index (χ3v) is 6.00. The quantitative estimate of drug-likeness (QED) is 0.598. The molecule has 0 amide bonds. The van der Waals surface area contributed by atoms with Crippen molar-refractivity contribution < 1.29 is 13.3 Å². The van der Waals surface area contributed by atoms with Crippen molar-refractivity contribution in [1.29, 1.82) is 0 Å². The second-order valence-corrected chi connectivity index (χ2v) is 8.89. The van der Waals surface area contributed by atoms with Crippen LogP contribution >= 0.6 is 0 Å². The molecule has 0 aliphatic rings. The van der Waals surface area contributed by atoms with Crippen LogP contribution in [0, 0.1) is 29.4 Å². The highest BCUT2D eigenvalue weighted by Gasteiger charge is 2.32. The molecule has 0 saturated carbocycles. The van der Waals surface area contributed by atoms with Gasteiger partial charge in [-0.05, 0) is 51.4 Å². The predicted molar refractivity (Wildman–Crippen MR) is 94.7 cm³/mol. The van der Waals surface area contributed by atoms with Gasteiger partial charge in [-0.1, -0.05) is 13.8 Å². The zero-order chi connectivity index (χ0) is 18.9. The van der Waals surface area contributed by atoms with Crippen LogP contribution in [0.25, 0.3) is 0 Å². The Morgan fingerprint density at radius 2 is 1.83 bits per heavy atom. The fraction of sp³-hybridized carbons (Fsp3) is 0.625. The molecule has 0 unspecified atom stereocenters. The Kier molecular flexibility index (Phi) is 6.13. The number of hydrogen-bond acceptors (Lipinski definition) is 5. The summed E-state index contributed by atoms with van der Waals surface area (Å²) >= 11 is 0. The molecule has 0 fully saturated rings. The van der Waals surface area contributed by atoms with Crippen LogP contribution in [0.1, 0.15) is 31.9 Å². The molecule has 0 radical (unpaired) electrons. The van der Waals surface area contributed by atoms with Gasteiger partial charge in [0.15, 0.2) is 0 Å². The molecule has 0 aliphatic carbocycles. The van der Waals surface area contributed by atoms with Crippen molar-refractivity contribution in [3.05, 3.63) is 33.4 Å². The SMILES string of the molecule is Cc1cc([N+](=O)[O-])cc(S(=O)(=O)N[C@@H](C)C(C)(C)CN(C)C)c1C. The standard InChI is InChI=1S/C16H27N3O4S/c1-11-8-14(19(20)21)9-15(12(11)2)24(22,23)17-13(3)16(4,5)10-18(6)7/h8-9,13,17H,10H2,1-7H3/t13-/m0/s1. The molecule has 24 heavy (non-hydrogen) atoms. The summed E-state index contributed by atoms with van der Waals surface area (Å²) in [5.74, 6) is 0. The summed E-state index contributed by atoms with van der Waals surface area (Å²) < 4.78 is 28.2. The molecule has 1 aromatic rings. The van der Waals surface area contributed by atoms with E-state index in [0.717, 1.165) is 6.07 Å². The summed E-state index contributed by atoms with van der Waals surface area (Å²) in [5, 5.41) is 11.0. The van der Waals surface area contributed by atoms with E-state index in [2.05, 4.69) is 4.72 Å². The molecule has 136 valence electrons. The van der Waals surface area contributed by atoms with Gasteiger partial charge in [0.25, 0.3) is 5.69 Å². The highest BCUT2D eigenvalue weighted by Crippen LogP contribution is 2.27. The van der Waals surface area contributed by atoms with Gasteiger partial charge in [-0.3, -0.25) is 10.1 Å². The number of nitro groups is 1. The second-order valence-electron chi connectivity index (χ2n) is 7.21. The minimum Gasteiger partial charge on any atom is -0.309 e. The van der Waals surface area contributed by atoms with E-state index in [4.69, 9.17) is 0 Å². The third kappa shape index (κ3) is 4.75. The molecule has 1 aromatic carbocycles. The molecular formula is C16H27N3O4S. The van der Waals surface area contributed by atoms with Crippen LogP contribution in [0.15, 0.2) is 17.0 Å². The Morgan fingerprint density at radius 3 is 2.29 bits per heavy atom. The van der Waals surface area contributed by atoms with Crippen LogP contribution < -0.4 is 4.72 Å². The van der Waals surface area contributed by atoms with Gasteiger partial charge in [-0.25, -0.2) is 13.1 Å². The van der Waals surface area contributed by atoms with Gasteiger partial charge in [0.2, 0.25) is 10.0 Å². The first-order valence-corrected chi connectivity index (χ1v) is 9.19. The topological polar surface area (TPSA) is 92.5 Å². The van der Waals surface area contributed by atoms with Gasteiger partial charge in [-0.15, -0.1) is 0 Å². The Morgan fingerprint density at radius 1 is 1.29 bits per heavy atom. The summed E-state index contributed by atoms with van der Waals surface area (Å²) in [5.41, 5.74) is 0.564. The van der Waals surface area contributed by atoms with Crippen LogP contribution in [-0.4, -0.2) is 44.9 Å². The number of non-ortho nitro benzene ring substituents is 1. The maximum absolute atomic E-state index is 12.8. The van der Waals surface area contributed by atoms with E-state index in [-0.39, 0.29) is 22.0 Å². The maximum Gasteiger partial charge on any atom is 0.271 e. The Labute approximate surface area is 144 Å². The van der Waals surface area contributed by atoms with Gasteiger partial charge in [0, 0.05) is 24.7 Å². The molecular weight excluding hydrogens is 330 g/mol. The molecule has 1 atom stereocenters. The summed E-state index contributed by atoms with van der Waals surface area (Å²) in [6.45, 7) is 9.78. The highest BCUT2D eigenvalue weighted by molar-refractivity contribution is 7.89. The van der Waals surface area contributed by atoms with E-state index in [1.165, 1.54) is 6.07 Å². The lowest BCUT2D eigenvalue weighted by atomic mass is 9.85. The largest absolute Gasteiger partial charge is 0.309 e. The van der Waals surface area contributed by atoms with Crippen molar-refractivity contribution in [2.45, 2.75) is 45.6 Å². The molecule has 1 N–H and O–H groups in total. The van der Waals surface area contributed by atoms with Crippen molar-refractivity contribution in [3.8, 4) is 0 Å². The summed E-state index contributed by atoms with van der Waals surface area (Å²) in [7, 11) is -0.00538. The van der Waals surface area contributed by atoms with Gasteiger partial charge >= 0.3 is 0 Å². The molecule has 0 aromatic heterocycles. The molecule has 8 heteroatoms. The van der Waals surface area contributed by atoms with Crippen molar-refractivity contribution in [1.82, 2.24) is 9.62 Å². The first kappa shape index (κ1) is 20.5. The van der Waals surface area contributed by atoms with Gasteiger partial charge in [0.1, 0.15) is 0 Å². The average molecular weight is 357 g/mol. The number of aryl methyl sites for hydroxylation is 1. The second kappa shape index (κ2) is 7.16. The van der Waals surface area contributed by atoms with E-state index >= 15 is 0 Å². The number of benzene rings is 1. The number of rotatable bonds is 7. The van der Waals surface area contributed by atoms with E-state index in [9.17, 15) is 18.5 Å². The van der Waals surface area contributed by atoms with Crippen LogP contribution in [0.5, 0.6) is 0 Å². The number of nitrogens with one attached hydrogen (secondary N) is 1. The Balaban J connectivity index is 3.24. The van der Waals surface area contributed by atoms with Gasteiger partial charge < -0.3 is 4.90 Å². The number of nitrogens with zero attached hydrogens (tertiary/aromatic N) is 2. The van der Waals surface area contributed by atoms with E-state index < -0.39 is 14.9 Å². The van der Waals surface area contributed by atoms with E-state index in [1.807, 2.05) is 32.8 Å². The lowest BCUT2D eigenvalue weighted by Gasteiger charge is -2.34. The number of nitro benzene ring substituents is 1. The average Bonchev–Trinajstić information content (AvgIpc) is 2.39. The first-order chi connectivity index (χ1) is 10.8. The fourth-order valence-corrected chi connectivity index (χ4v) is 4.35. The van der Waals surface area contributed by atoms with Crippen LogP contribution in [0.3, 0.4) is 0 Å². The molecule has 0 aliphatic heterocycles.